The number of carboxylic acid groups (broad SMARTS) is 1. The average Bonchev–Trinajstić information content (AvgIpc) is 2.26. The molecular formula is C19H30O6. The first kappa shape index (κ1) is 20.9. The molecule has 0 aliphatic heterocycles. The van der Waals surface area contributed by atoms with Crippen molar-refractivity contribution in [3.63, 3.8) is 0 Å². The molecule has 6 heteroatoms. The molecule has 0 heterocycles. The van der Waals surface area contributed by atoms with Gasteiger partial charge >= 0.3 is 6.16 Å². The second-order valence-corrected chi connectivity index (χ2v) is 8.76. The molecule has 0 saturated heterocycles. The van der Waals surface area contributed by atoms with Crippen LogP contribution in [0, 0.1) is 0 Å². The van der Waals surface area contributed by atoms with Crippen LogP contribution in [0.5, 0.6) is 23.0 Å². The maximum Gasteiger partial charge on any atom is 0.511 e. The standard InChI is InChI=1S/C19H30O6/c1-17(2,3)23-12-10-13(24-18(4,5)6)15(22-16(20)21)14(11-12)25-19(7,8)9/h10-11H,1-9H3,(H,20,21). The maximum absolute atomic E-state index is 11.2. The molecule has 0 amide bonds. The summed E-state index contributed by atoms with van der Waals surface area (Å²) in [7, 11) is 0. The molecule has 0 atom stereocenters. The summed E-state index contributed by atoms with van der Waals surface area (Å²) in [6.07, 6.45) is -1.44. The van der Waals surface area contributed by atoms with Gasteiger partial charge in [0, 0.05) is 12.1 Å². The van der Waals surface area contributed by atoms with E-state index >= 15 is 0 Å². The van der Waals surface area contributed by atoms with Crippen molar-refractivity contribution in [3.8, 4) is 23.0 Å². The second-order valence-electron chi connectivity index (χ2n) is 8.76. The van der Waals surface area contributed by atoms with Crippen molar-refractivity contribution >= 4 is 6.16 Å². The van der Waals surface area contributed by atoms with Crippen molar-refractivity contribution in [1.29, 1.82) is 0 Å². The largest absolute Gasteiger partial charge is 0.511 e. The number of carbonyl (C=O) groups is 1. The first-order chi connectivity index (χ1) is 11.1. The Morgan fingerprint density at radius 3 is 1.40 bits per heavy atom. The van der Waals surface area contributed by atoms with Crippen LogP contribution in [0.15, 0.2) is 12.1 Å². The third-order valence-corrected chi connectivity index (χ3v) is 2.44. The Balaban J connectivity index is 3.53. The molecule has 6 nitrogen and oxygen atoms in total. The minimum Gasteiger partial charge on any atom is -0.488 e. The molecule has 25 heavy (non-hydrogen) atoms. The van der Waals surface area contributed by atoms with Gasteiger partial charge in [0.25, 0.3) is 0 Å². The Bertz CT molecular complexity index is 577. The Morgan fingerprint density at radius 1 is 0.760 bits per heavy atom. The predicted octanol–water partition coefficient (Wildman–Crippen LogP) is 5.28. The van der Waals surface area contributed by atoms with Gasteiger partial charge in [-0.25, -0.2) is 4.79 Å². The number of rotatable bonds is 4. The van der Waals surface area contributed by atoms with Crippen LogP contribution in [0.25, 0.3) is 0 Å². The summed E-state index contributed by atoms with van der Waals surface area (Å²) in [5.74, 6) is 1.01. The molecule has 0 unspecified atom stereocenters. The van der Waals surface area contributed by atoms with Crippen molar-refractivity contribution < 1.29 is 28.8 Å². The first-order valence-electron chi connectivity index (χ1n) is 8.22. The fourth-order valence-corrected chi connectivity index (χ4v) is 1.96. The molecule has 142 valence electrons. The topological polar surface area (TPSA) is 74.2 Å². The molecule has 0 fully saturated rings. The fourth-order valence-electron chi connectivity index (χ4n) is 1.96. The van der Waals surface area contributed by atoms with Gasteiger partial charge in [0.15, 0.2) is 11.5 Å². The van der Waals surface area contributed by atoms with Crippen molar-refractivity contribution in [2.75, 3.05) is 0 Å². The van der Waals surface area contributed by atoms with Crippen LogP contribution in [-0.4, -0.2) is 28.1 Å². The molecule has 0 bridgehead atoms. The van der Waals surface area contributed by atoms with Crippen LogP contribution in [0.1, 0.15) is 62.3 Å². The van der Waals surface area contributed by atoms with Gasteiger partial charge in [-0.2, -0.15) is 0 Å². The lowest BCUT2D eigenvalue weighted by molar-refractivity contribution is 0.0962. The summed E-state index contributed by atoms with van der Waals surface area (Å²) in [6, 6.07) is 3.23. The van der Waals surface area contributed by atoms with Gasteiger partial charge in [0.05, 0.1) is 0 Å². The lowest BCUT2D eigenvalue weighted by Crippen LogP contribution is -2.27. The quantitative estimate of drug-likeness (QED) is 0.586. The third kappa shape index (κ3) is 8.01. The Kier molecular flexibility index (Phi) is 5.88. The highest BCUT2D eigenvalue weighted by Crippen LogP contribution is 2.44. The SMILES string of the molecule is CC(C)(C)Oc1cc(OC(C)(C)C)c(OC(=O)O)c(OC(C)(C)C)c1. The molecule has 0 radical (unpaired) electrons. The van der Waals surface area contributed by atoms with E-state index in [2.05, 4.69) is 0 Å². The highest BCUT2D eigenvalue weighted by Gasteiger charge is 2.26. The smallest absolute Gasteiger partial charge is 0.488 e. The lowest BCUT2D eigenvalue weighted by Gasteiger charge is -2.28. The Morgan fingerprint density at radius 2 is 1.12 bits per heavy atom. The van der Waals surface area contributed by atoms with Crippen molar-refractivity contribution in [2.24, 2.45) is 0 Å². The van der Waals surface area contributed by atoms with E-state index < -0.39 is 23.0 Å². The van der Waals surface area contributed by atoms with Crippen molar-refractivity contribution in [3.05, 3.63) is 12.1 Å². The molecule has 0 spiro atoms. The van der Waals surface area contributed by atoms with Crippen LogP contribution in [-0.2, 0) is 0 Å². The molecule has 0 aliphatic rings. The highest BCUT2D eigenvalue weighted by atomic mass is 16.7. The van der Waals surface area contributed by atoms with Gasteiger partial charge in [-0.1, -0.05) is 0 Å². The van der Waals surface area contributed by atoms with E-state index in [1.807, 2.05) is 62.3 Å². The third-order valence-electron chi connectivity index (χ3n) is 2.44. The molecule has 1 aromatic carbocycles. The van der Waals surface area contributed by atoms with Crippen LogP contribution >= 0.6 is 0 Å². The van der Waals surface area contributed by atoms with E-state index in [-0.39, 0.29) is 17.2 Å². The van der Waals surface area contributed by atoms with Crippen LogP contribution < -0.4 is 18.9 Å². The number of benzene rings is 1. The normalized spacial score (nSPS) is 12.5. The summed E-state index contributed by atoms with van der Waals surface area (Å²) in [5, 5.41) is 9.10. The summed E-state index contributed by atoms with van der Waals surface area (Å²) in [6.45, 7) is 16.9. The molecule has 1 rings (SSSR count). The zero-order valence-electron chi connectivity index (χ0n) is 16.6. The molecule has 0 aromatic heterocycles. The molecular weight excluding hydrogens is 324 g/mol. The minimum absolute atomic E-state index is 0.0126. The fraction of sp³-hybridized carbons (Fsp3) is 0.632. The predicted molar refractivity (Wildman–Crippen MR) is 96.2 cm³/mol. The van der Waals surface area contributed by atoms with Crippen LogP contribution in [0.2, 0.25) is 0 Å². The van der Waals surface area contributed by atoms with E-state index in [0.29, 0.717) is 5.75 Å². The monoisotopic (exact) mass is 354 g/mol. The van der Waals surface area contributed by atoms with Gasteiger partial charge in [0.2, 0.25) is 5.75 Å². The lowest BCUT2D eigenvalue weighted by atomic mass is 10.1. The first-order valence-corrected chi connectivity index (χ1v) is 8.22. The number of hydrogen-bond acceptors (Lipinski definition) is 5. The molecule has 0 saturated carbocycles. The Labute approximate surface area is 150 Å². The highest BCUT2D eigenvalue weighted by molar-refractivity contribution is 5.67. The van der Waals surface area contributed by atoms with Crippen molar-refractivity contribution in [1.82, 2.24) is 0 Å². The zero-order valence-corrected chi connectivity index (χ0v) is 16.6. The molecule has 1 N–H and O–H groups in total. The van der Waals surface area contributed by atoms with Gasteiger partial charge in [-0.15, -0.1) is 0 Å². The summed E-state index contributed by atoms with van der Waals surface area (Å²) in [5.41, 5.74) is -1.56. The van der Waals surface area contributed by atoms with E-state index in [0.717, 1.165) is 0 Å². The van der Waals surface area contributed by atoms with Gasteiger partial charge in [0.1, 0.15) is 22.6 Å². The van der Waals surface area contributed by atoms with E-state index in [9.17, 15) is 4.79 Å². The maximum atomic E-state index is 11.2. The molecule has 0 aliphatic carbocycles. The number of hydrogen-bond donors (Lipinski definition) is 1. The van der Waals surface area contributed by atoms with Gasteiger partial charge in [-0.05, 0) is 62.3 Å². The summed E-state index contributed by atoms with van der Waals surface area (Å²) in [4.78, 5) is 11.2. The van der Waals surface area contributed by atoms with E-state index in [4.69, 9.17) is 24.1 Å². The van der Waals surface area contributed by atoms with Crippen LogP contribution in [0.4, 0.5) is 4.79 Å². The second kappa shape index (κ2) is 7.02. The zero-order chi connectivity index (χ0) is 19.6. The summed E-state index contributed by atoms with van der Waals surface area (Å²) >= 11 is 0. The van der Waals surface area contributed by atoms with Crippen molar-refractivity contribution in [2.45, 2.75) is 79.1 Å². The van der Waals surface area contributed by atoms with E-state index in [1.165, 1.54) is 0 Å². The minimum atomic E-state index is -1.44. The number of ether oxygens (including phenoxy) is 4. The Hall–Kier alpha value is -2.11. The molecule has 1 aromatic rings. The van der Waals surface area contributed by atoms with E-state index in [1.54, 1.807) is 12.1 Å². The van der Waals surface area contributed by atoms with Crippen LogP contribution in [0.3, 0.4) is 0 Å². The van der Waals surface area contributed by atoms with Gasteiger partial charge < -0.3 is 24.1 Å². The van der Waals surface area contributed by atoms with Gasteiger partial charge in [-0.3, -0.25) is 0 Å². The summed E-state index contributed by atoms with van der Waals surface area (Å²) < 4.78 is 22.7. The average molecular weight is 354 g/mol.